The van der Waals surface area contributed by atoms with Crippen LogP contribution in [0.1, 0.15) is 18.7 Å². The van der Waals surface area contributed by atoms with Crippen LogP contribution in [0.4, 0.5) is 0 Å². The van der Waals surface area contributed by atoms with E-state index >= 15 is 0 Å². The molecule has 0 aromatic heterocycles. The SMILES string of the molecule is CC(=O)N1N=C(COc2ccc(Cl)cc2Cl)O[C@@H]1c1ccccc1Cl. The molecule has 1 aliphatic heterocycles. The number of rotatable bonds is 4. The van der Waals surface area contributed by atoms with E-state index < -0.39 is 6.23 Å². The molecule has 0 unspecified atom stereocenters. The number of hydrogen-bond acceptors (Lipinski definition) is 4. The highest BCUT2D eigenvalue weighted by Crippen LogP contribution is 2.33. The fraction of sp³-hybridized carbons (Fsp3) is 0.176. The number of amides is 1. The Balaban J connectivity index is 1.76. The quantitative estimate of drug-likeness (QED) is 0.733. The summed E-state index contributed by atoms with van der Waals surface area (Å²) in [4.78, 5) is 11.9. The molecular formula is C17H13Cl3N2O3. The molecule has 5 nitrogen and oxygen atoms in total. The third-order valence-electron chi connectivity index (χ3n) is 3.43. The fourth-order valence-corrected chi connectivity index (χ4v) is 2.97. The fourth-order valence-electron chi connectivity index (χ4n) is 2.28. The third kappa shape index (κ3) is 4.00. The van der Waals surface area contributed by atoms with Crippen LogP contribution in [0.15, 0.2) is 47.6 Å². The molecule has 1 heterocycles. The van der Waals surface area contributed by atoms with Crippen LogP contribution in [0.2, 0.25) is 15.1 Å². The maximum atomic E-state index is 11.9. The summed E-state index contributed by atoms with van der Waals surface area (Å²) in [5, 5.41) is 6.76. The Hall–Kier alpha value is -1.95. The topological polar surface area (TPSA) is 51.1 Å². The van der Waals surface area contributed by atoms with Crippen LogP contribution in [0.25, 0.3) is 0 Å². The molecule has 0 fully saturated rings. The molecule has 1 aliphatic rings. The first-order valence-electron chi connectivity index (χ1n) is 7.32. The number of halogens is 3. The number of nitrogens with zero attached hydrogens (tertiary/aromatic N) is 2. The molecule has 1 amide bonds. The van der Waals surface area contributed by atoms with Gasteiger partial charge in [0.2, 0.25) is 18.0 Å². The van der Waals surface area contributed by atoms with Crippen molar-refractivity contribution in [2.75, 3.05) is 6.61 Å². The Morgan fingerprint density at radius 2 is 1.96 bits per heavy atom. The number of ether oxygens (including phenoxy) is 2. The van der Waals surface area contributed by atoms with Gasteiger partial charge in [0.15, 0.2) is 6.61 Å². The molecule has 130 valence electrons. The molecule has 0 saturated heterocycles. The smallest absolute Gasteiger partial charge is 0.247 e. The molecule has 0 aliphatic carbocycles. The van der Waals surface area contributed by atoms with Gasteiger partial charge in [-0.3, -0.25) is 4.79 Å². The van der Waals surface area contributed by atoms with Crippen LogP contribution in [-0.4, -0.2) is 23.4 Å². The molecule has 0 N–H and O–H groups in total. The van der Waals surface area contributed by atoms with Gasteiger partial charge >= 0.3 is 0 Å². The van der Waals surface area contributed by atoms with E-state index in [1.807, 2.05) is 6.07 Å². The van der Waals surface area contributed by atoms with E-state index in [1.165, 1.54) is 11.9 Å². The van der Waals surface area contributed by atoms with Gasteiger partial charge < -0.3 is 9.47 Å². The normalized spacial score (nSPS) is 16.4. The standard InChI is InChI=1S/C17H13Cl3N2O3/c1-10(23)22-17(12-4-2-3-5-13(12)19)25-16(21-22)9-24-15-7-6-11(18)8-14(15)20/h2-8,17H,9H2,1H3/t17-/m1/s1. The zero-order valence-corrected chi connectivity index (χ0v) is 15.3. The molecule has 1 atom stereocenters. The van der Waals surface area contributed by atoms with Gasteiger partial charge in [0.25, 0.3) is 0 Å². The highest BCUT2D eigenvalue weighted by molar-refractivity contribution is 6.35. The van der Waals surface area contributed by atoms with E-state index in [1.54, 1.807) is 36.4 Å². The zero-order chi connectivity index (χ0) is 18.0. The van der Waals surface area contributed by atoms with Gasteiger partial charge in [-0.05, 0) is 24.3 Å². The molecule has 2 aromatic carbocycles. The number of hydrazone groups is 1. The molecule has 3 rings (SSSR count). The first-order chi connectivity index (χ1) is 12.0. The summed E-state index contributed by atoms with van der Waals surface area (Å²) in [5.74, 6) is 0.406. The van der Waals surface area contributed by atoms with Gasteiger partial charge in [-0.15, -0.1) is 5.10 Å². The van der Waals surface area contributed by atoms with Crippen molar-refractivity contribution >= 4 is 46.6 Å². The Bertz CT molecular complexity index is 842. The Morgan fingerprint density at radius 3 is 2.64 bits per heavy atom. The largest absolute Gasteiger partial charge is 0.482 e. The Morgan fingerprint density at radius 1 is 1.20 bits per heavy atom. The second-order valence-corrected chi connectivity index (χ2v) is 6.46. The van der Waals surface area contributed by atoms with Gasteiger partial charge in [-0.1, -0.05) is 53.0 Å². The molecule has 0 spiro atoms. The van der Waals surface area contributed by atoms with Crippen LogP contribution >= 0.6 is 34.8 Å². The van der Waals surface area contributed by atoms with Gasteiger partial charge in [-0.2, -0.15) is 5.01 Å². The number of hydrogen-bond donors (Lipinski definition) is 0. The number of carbonyl (C=O) groups excluding carboxylic acids is 1. The van der Waals surface area contributed by atoms with Crippen LogP contribution in [0.5, 0.6) is 5.75 Å². The van der Waals surface area contributed by atoms with E-state index in [0.29, 0.717) is 26.4 Å². The lowest BCUT2D eigenvalue weighted by atomic mass is 10.2. The Kier molecular flexibility index (Phi) is 5.37. The summed E-state index contributed by atoms with van der Waals surface area (Å²) in [6, 6.07) is 12.0. The van der Waals surface area contributed by atoms with E-state index in [9.17, 15) is 4.79 Å². The summed E-state index contributed by atoms with van der Waals surface area (Å²) in [5.41, 5.74) is 0.641. The summed E-state index contributed by atoms with van der Waals surface area (Å²) in [6.45, 7) is 1.41. The predicted octanol–water partition coefficient (Wildman–Crippen LogP) is 4.92. The van der Waals surface area contributed by atoms with Crippen molar-refractivity contribution in [3.8, 4) is 5.75 Å². The minimum atomic E-state index is -0.731. The number of benzene rings is 2. The average Bonchev–Trinajstić information content (AvgIpc) is 2.99. The van der Waals surface area contributed by atoms with E-state index in [0.717, 1.165) is 0 Å². The highest BCUT2D eigenvalue weighted by atomic mass is 35.5. The van der Waals surface area contributed by atoms with Crippen molar-refractivity contribution in [2.24, 2.45) is 5.10 Å². The monoisotopic (exact) mass is 398 g/mol. The minimum Gasteiger partial charge on any atom is -0.482 e. The van der Waals surface area contributed by atoms with Crippen molar-refractivity contribution < 1.29 is 14.3 Å². The molecule has 2 aromatic rings. The Labute approximate surface area is 159 Å². The van der Waals surface area contributed by atoms with Crippen LogP contribution in [0.3, 0.4) is 0 Å². The van der Waals surface area contributed by atoms with Crippen LogP contribution in [0, 0.1) is 0 Å². The lowest BCUT2D eigenvalue weighted by Crippen LogP contribution is -2.25. The lowest BCUT2D eigenvalue weighted by Gasteiger charge is -2.20. The average molecular weight is 400 g/mol. The molecule has 0 radical (unpaired) electrons. The van der Waals surface area contributed by atoms with Crippen LogP contribution < -0.4 is 4.74 Å². The van der Waals surface area contributed by atoms with Crippen molar-refractivity contribution in [3.05, 3.63) is 63.1 Å². The van der Waals surface area contributed by atoms with Gasteiger partial charge in [0, 0.05) is 22.5 Å². The number of carbonyl (C=O) groups is 1. The van der Waals surface area contributed by atoms with E-state index in [4.69, 9.17) is 44.3 Å². The molecule has 0 bridgehead atoms. The van der Waals surface area contributed by atoms with E-state index in [-0.39, 0.29) is 18.4 Å². The highest BCUT2D eigenvalue weighted by Gasteiger charge is 2.33. The minimum absolute atomic E-state index is 0.00604. The van der Waals surface area contributed by atoms with Crippen molar-refractivity contribution in [2.45, 2.75) is 13.2 Å². The molecular weight excluding hydrogens is 387 g/mol. The lowest BCUT2D eigenvalue weighted by molar-refractivity contribution is -0.135. The second-order valence-electron chi connectivity index (χ2n) is 5.21. The van der Waals surface area contributed by atoms with E-state index in [2.05, 4.69) is 5.10 Å². The summed E-state index contributed by atoms with van der Waals surface area (Å²) < 4.78 is 11.4. The molecule has 8 heteroatoms. The maximum Gasteiger partial charge on any atom is 0.247 e. The second kappa shape index (κ2) is 7.52. The summed E-state index contributed by atoms with van der Waals surface area (Å²) in [6.07, 6.45) is -0.731. The van der Waals surface area contributed by atoms with Gasteiger partial charge in [0.05, 0.1) is 5.02 Å². The van der Waals surface area contributed by atoms with Gasteiger partial charge in [0.1, 0.15) is 5.75 Å². The van der Waals surface area contributed by atoms with Gasteiger partial charge in [-0.25, -0.2) is 0 Å². The summed E-state index contributed by atoms with van der Waals surface area (Å²) >= 11 is 18.1. The zero-order valence-electron chi connectivity index (χ0n) is 13.1. The third-order valence-corrected chi connectivity index (χ3v) is 4.30. The predicted molar refractivity (Wildman–Crippen MR) is 97.2 cm³/mol. The van der Waals surface area contributed by atoms with Crippen molar-refractivity contribution in [3.63, 3.8) is 0 Å². The molecule has 25 heavy (non-hydrogen) atoms. The summed E-state index contributed by atoms with van der Waals surface area (Å²) in [7, 11) is 0. The maximum absolute atomic E-state index is 11.9. The van der Waals surface area contributed by atoms with Crippen LogP contribution in [-0.2, 0) is 9.53 Å². The molecule has 0 saturated carbocycles. The van der Waals surface area contributed by atoms with Crippen molar-refractivity contribution in [1.29, 1.82) is 0 Å². The first kappa shape index (κ1) is 17.9. The van der Waals surface area contributed by atoms with Crippen molar-refractivity contribution in [1.82, 2.24) is 5.01 Å². The first-order valence-corrected chi connectivity index (χ1v) is 8.45.